The van der Waals surface area contributed by atoms with E-state index in [1.54, 1.807) is 24.3 Å². The lowest BCUT2D eigenvalue weighted by molar-refractivity contribution is -0.142. The van der Waals surface area contributed by atoms with Gasteiger partial charge in [0.25, 0.3) is 0 Å². The van der Waals surface area contributed by atoms with Crippen molar-refractivity contribution < 1.29 is 14.1 Å². The summed E-state index contributed by atoms with van der Waals surface area (Å²) in [4.78, 5) is 12.3. The zero-order valence-electron chi connectivity index (χ0n) is 10.6. The largest absolute Gasteiger partial charge is 0.468 e. The van der Waals surface area contributed by atoms with Gasteiger partial charge >= 0.3 is 5.97 Å². The maximum Gasteiger partial charge on any atom is 0.327 e. The summed E-state index contributed by atoms with van der Waals surface area (Å²) in [7, 11) is -0.0934. The number of methoxy groups -OCH3 is 1. The van der Waals surface area contributed by atoms with Gasteiger partial charge in [0.05, 0.1) is 15.6 Å². The minimum absolute atomic E-state index is 0.491. The van der Waals surface area contributed by atoms with Crippen molar-refractivity contribution in [2.24, 2.45) is 0 Å². The first-order chi connectivity index (χ1) is 9.25. The van der Waals surface area contributed by atoms with E-state index in [2.05, 4.69) is 0 Å². The number of rotatable bonds is 4. The highest BCUT2D eigenvalue weighted by atomic mass is 31.1. The summed E-state index contributed by atoms with van der Waals surface area (Å²) < 4.78 is 16.8. The van der Waals surface area contributed by atoms with Crippen molar-refractivity contribution >= 4 is 14.4 Å². The number of hydrogen-bond acceptors (Lipinski definition) is 3. The first-order valence-corrected chi connectivity index (χ1v) is 6.96. The van der Waals surface area contributed by atoms with Gasteiger partial charge in [-0.1, -0.05) is 60.7 Å². The van der Waals surface area contributed by atoms with Gasteiger partial charge in [-0.15, -0.1) is 0 Å². The van der Waals surface area contributed by atoms with Crippen molar-refractivity contribution in [3.63, 3.8) is 0 Å². The Balaban J connectivity index is 2.69. The lowest BCUT2D eigenvalue weighted by Gasteiger charge is -2.26. The number of hydrogen-bond donors (Lipinski definition) is 0. The highest BCUT2D eigenvalue weighted by Gasteiger charge is 2.42. The Morgan fingerprint density at radius 1 is 0.947 bits per heavy atom. The Labute approximate surface area is 113 Å². The topological polar surface area (TPSA) is 43.4 Å². The van der Waals surface area contributed by atoms with Crippen molar-refractivity contribution in [1.82, 2.24) is 0 Å². The molecule has 0 heterocycles. The summed E-state index contributed by atoms with van der Waals surface area (Å²) in [6.45, 7) is 0. The van der Waals surface area contributed by atoms with E-state index in [-0.39, 0.29) is 0 Å². The van der Waals surface area contributed by atoms with Gasteiger partial charge in [-0.05, 0) is 11.1 Å². The van der Waals surface area contributed by atoms with Gasteiger partial charge in [0, 0.05) is 0 Å². The average molecular weight is 274 g/mol. The second-order valence-corrected chi connectivity index (χ2v) is 5.25. The summed E-state index contributed by atoms with van der Waals surface area (Å²) >= 11 is 0. The fourth-order valence-corrected chi connectivity index (χ4v) is 3.02. The molecule has 0 spiro atoms. The fraction of sp³-hybridized carbons (Fsp3) is 0.133. The van der Waals surface area contributed by atoms with Crippen LogP contribution in [0.4, 0.5) is 0 Å². The number of ether oxygens (including phenoxy) is 1. The van der Waals surface area contributed by atoms with E-state index >= 15 is 0 Å². The molecule has 0 aromatic heterocycles. The van der Waals surface area contributed by atoms with Crippen LogP contribution in [0.25, 0.3) is 0 Å². The summed E-state index contributed by atoms with van der Waals surface area (Å²) in [5.74, 6) is -0.491. The molecular weight excluding hydrogens is 259 g/mol. The minimum atomic E-state index is -1.41. The van der Waals surface area contributed by atoms with Crippen LogP contribution in [0, 0.1) is 0 Å². The summed E-state index contributed by atoms with van der Waals surface area (Å²) in [6.07, 6.45) is 0. The van der Waals surface area contributed by atoms with E-state index in [0.29, 0.717) is 11.1 Å². The molecule has 3 nitrogen and oxygen atoms in total. The van der Waals surface area contributed by atoms with Crippen LogP contribution in [0.5, 0.6) is 0 Å². The first kappa shape index (κ1) is 13.6. The molecule has 0 saturated carbocycles. The molecule has 2 aromatic rings. The SMILES string of the molecule is COC(=O)C([PH2]=O)(c1ccccc1)c1ccccc1. The zero-order valence-corrected chi connectivity index (χ0v) is 11.7. The van der Waals surface area contributed by atoms with E-state index in [9.17, 15) is 9.36 Å². The van der Waals surface area contributed by atoms with Crippen molar-refractivity contribution in [2.75, 3.05) is 7.11 Å². The third kappa shape index (κ3) is 2.34. The standard InChI is InChI=1S/C15H15O3P/c1-18-14(16)15(19-17,12-8-4-2-5-9-12)13-10-6-3-7-11-13/h2-11H,19H2,1H3. The van der Waals surface area contributed by atoms with Crippen LogP contribution < -0.4 is 0 Å². The van der Waals surface area contributed by atoms with Crippen molar-refractivity contribution in [3.8, 4) is 0 Å². The van der Waals surface area contributed by atoms with E-state index in [4.69, 9.17) is 4.74 Å². The van der Waals surface area contributed by atoms with Gasteiger partial charge in [0.15, 0.2) is 5.16 Å². The maximum absolute atomic E-state index is 12.3. The maximum atomic E-state index is 12.3. The Morgan fingerprint density at radius 2 is 1.37 bits per heavy atom. The molecule has 0 bridgehead atoms. The Kier molecular flexibility index (Phi) is 4.18. The zero-order chi connectivity index (χ0) is 13.7. The molecule has 0 amide bonds. The highest BCUT2D eigenvalue weighted by Crippen LogP contribution is 2.42. The van der Waals surface area contributed by atoms with Gasteiger partial charge < -0.3 is 9.30 Å². The third-order valence-corrected chi connectivity index (χ3v) is 4.40. The molecule has 0 N–H and O–H groups in total. The molecule has 1 unspecified atom stereocenters. The molecule has 0 aliphatic heterocycles. The number of carbonyl (C=O) groups excluding carboxylic acids is 1. The first-order valence-electron chi connectivity index (χ1n) is 5.91. The summed E-state index contributed by atoms with van der Waals surface area (Å²) in [5, 5.41) is -1.20. The lowest BCUT2D eigenvalue weighted by atomic mass is 9.90. The van der Waals surface area contributed by atoms with Crippen molar-refractivity contribution in [1.29, 1.82) is 0 Å². The molecule has 0 aliphatic rings. The van der Waals surface area contributed by atoms with Gasteiger partial charge in [0.2, 0.25) is 0 Å². The van der Waals surface area contributed by atoms with Crippen LogP contribution >= 0.6 is 8.46 Å². The van der Waals surface area contributed by atoms with Crippen LogP contribution in [-0.4, -0.2) is 13.1 Å². The van der Waals surface area contributed by atoms with E-state index in [1.165, 1.54) is 7.11 Å². The van der Waals surface area contributed by atoms with Gasteiger partial charge in [-0.2, -0.15) is 0 Å². The quantitative estimate of drug-likeness (QED) is 0.636. The highest BCUT2D eigenvalue weighted by molar-refractivity contribution is 7.27. The summed E-state index contributed by atoms with van der Waals surface area (Å²) in [5.41, 5.74) is 1.39. The molecular formula is C15H15O3P. The Hall–Kier alpha value is -1.86. The second-order valence-electron chi connectivity index (χ2n) is 4.15. The smallest absolute Gasteiger partial charge is 0.327 e. The minimum Gasteiger partial charge on any atom is -0.468 e. The van der Waals surface area contributed by atoms with E-state index < -0.39 is 19.6 Å². The van der Waals surface area contributed by atoms with Crippen molar-refractivity contribution in [3.05, 3.63) is 71.8 Å². The van der Waals surface area contributed by atoms with Crippen molar-refractivity contribution in [2.45, 2.75) is 5.16 Å². The monoisotopic (exact) mass is 274 g/mol. The molecule has 98 valence electrons. The van der Waals surface area contributed by atoms with Crippen LogP contribution in [0.2, 0.25) is 0 Å². The van der Waals surface area contributed by atoms with Crippen LogP contribution in [-0.2, 0) is 19.3 Å². The molecule has 19 heavy (non-hydrogen) atoms. The van der Waals surface area contributed by atoms with Gasteiger partial charge in [-0.3, -0.25) is 4.79 Å². The van der Waals surface area contributed by atoms with Crippen LogP contribution in [0.3, 0.4) is 0 Å². The van der Waals surface area contributed by atoms with E-state index in [1.807, 2.05) is 36.4 Å². The third-order valence-electron chi connectivity index (χ3n) is 3.14. The van der Waals surface area contributed by atoms with Gasteiger partial charge in [0.1, 0.15) is 0 Å². The average Bonchev–Trinajstić information content (AvgIpc) is 2.50. The number of benzene rings is 2. The number of esters is 1. The van der Waals surface area contributed by atoms with Crippen LogP contribution in [0.15, 0.2) is 60.7 Å². The predicted octanol–water partition coefficient (Wildman–Crippen LogP) is 2.86. The molecule has 2 aromatic carbocycles. The van der Waals surface area contributed by atoms with Gasteiger partial charge in [-0.25, -0.2) is 0 Å². The molecule has 2 rings (SSSR count). The second kappa shape index (κ2) is 5.85. The Bertz CT molecular complexity index is 527. The molecule has 0 radical (unpaired) electrons. The molecule has 4 heteroatoms. The van der Waals surface area contributed by atoms with Crippen LogP contribution in [0.1, 0.15) is 11.1 Å². The molecule has 1 atom stereocenters. The van der Waals surface area contributed by atoms with E-state index in [0.717, 1.165) is 0 Å². The fourth-order valence-electron chi connectivity index (χ4n) is 2.15. The normalized spacial score (nSPS) is 11.6. The lowest BCUT2D eigenvalue weighted by Crippen LogP contribution is -2.32. The predicted molar refractivity (Wildman–Crippen MR) is 76.1 cm³/mol. The Morgan fingerprint density at radius 3 is 1.68 bits per heavy atom. The molecule has 0 aliphatic carbocycles. The number of carbonyl (C=O) groups is 1. The molecule has 0 fully saturated rings. The summed E-state index contributed by atoms with van der Waals surface area (Å²) in [6, 6.07) is 18.2. The molecule has 0 saturated heterocycles.